The van der Waals surface area contributed by atoms with Crippen molar-refractivity contribution < 1.29 is 4.79 Å². The van der Waals surface area contributed by atoms with Crippen molar-refractivity contribution in [2.45, 2.75) is 30.4 Å². The van der Waals surface area contributed by atoms with Crippen LogP contribution in [-0.2, 0) is 4.79 Å². The number of thioether (sulfide) groups is 1. The summed E-state index contributed by atoms with van der Waals surface area (Å²) in [5, 5.41) is 11.1. The highest BCUT2D eigenvalue weighted by atomic mass is 32.2. The van der Waals surface area contributed by atoms with Gasteiger partial charge in [-0.3, -0.25) is 4.79 Å². The summed E-state index contributed by atoms with van der Waals surface area (Å²) in [4.78, 5) is 11.0. The lowest BCUT2D eigenvalue weighted by Crippen LogP contribution is -2.45. The SMILES string of the molecule is CSC1(CNC(=O)CC#N)CCC1. The Balaban J connectivity index is 2.25. The van der Waals surface area contributed by atoms with Gasteiger partial charge in [-0.25, -0.2) is 0 Å². The van der Waals surface area contributed by atoms with Crippen LogP contribution in [0.5, 0.6) is 0 Å². The molecule has 0 spiro atoms. The molecular weight excluding hydrogens is 184 g/mol. The lowest BCUT2D eigenvalue weighted by Gasteiger charge is -2.40. The van der Waals surface area contributed by atoms with Gasteiger partial charge in [0.25, 0.3) is 0 Å². The number of rotatable bonds is 4. The number of carbonyl (C=O) groups excluding carboxylic acids is 1. The highest BCUT2D eigenvalue weighted by molar-refractivity contribution is 8.00. The van der Waals surface area contributed by atoms with E-state index < -0.39 is 0 Å². The first-order chi connectivity index (χ1) is 6.22. The van der Waals surface area contributed by atoms with Gasteiger partial charge in [-0.15, -0.1) is 0 Å². The van der Waals surface area contributed by atoms with Crippen LogP contribution in [0, 0.1) is 11.3 Å². The Morgan fingerprint density at radius 3 is 2.77 bits per heavy atom. The van der Waals surface area contributed by atoms with E-state index in [-0.39, 0.29) is 17.1 Å². The molecule has 1 N–H and O–H groups in total. The van der Waals surface area contributed by atoms with Gasteiger partial charge in [0.2, 0.25) is 5.91 Å². The zero-order valence-corrected chi connectivity index (χ0v) is 8.62. The van der Waals surface area contributed by atoms with E-state index in [1.54, 1.807) is 0 Å². The monoisotopic (exact) mass is 198 g/mol. The Hall–Kier alpha value is -0.690. The summed E-state index contributed by atoms with van der Waals surface area (Å²) in [6.07, 6.45) is 5.68. The number of hydrogen-bond donors (Lipinski definition) is 1. The van der Waals surface area contributed by atoms with Crippen molar-refractivity contribution in [3.8, 4) is 6.07 Å². The molecule has 1 fully saturated rings. The van der Waals surface area contributed by atoms with Gasteiger partial charge >= 0.3 is 0 Å². The predicted octanol–water partition coefficient (Wildman–Crippen LogP) is 1.30. The topological polar surface area (TPSA) is 52.9 Å². The highest BCUT2D eigenvalue weighted by Gasteiger charge is 2.36. The van der Waals surface area contributed by atoms with E-state index in [1.165, 1.54) is 19.3 Å². The largest absolute Gasteiger partial charge is 0.354 e. The van der Waals surface area contributed by atoms with Crippen LogP contribution in [0.25, 0.3) is 0 Å². The summed E-state index contributed by atoms with van der Waals surface area (Å²) in [6.45, 7) is 0.717. The molecule has 3 nitrogen and oxygen atoms in total. The molecule has 1 saturated carbocycles. The molecule has 1 amide bonds. The van der Waals surface area contributed by atoms with Gasteiger partial charge in [0.1, 0.15) is 6.42 Å². The van der Waals surface area contributed by atoms with Gasteiger partial charge in [0.15, 0.2) is 0 Å². The second-order valence-electron chi connectivity index (χ2n) is 3.35. The van der Waals surface area contributed by atoms with Gasteiger partial charge in [-0.2, -0.15) is 17.0 Å². The standard InChI is InChI=1S/C9H14N2OS/c1-13-9(4-2-5-9)7-11-8(12)3-6-10/h2-5,7H2,1H3,(H,11,12). The molecule has 72 valence electrons. The summed E-state index contributed by atoms with van der Waals surface area (Å²) < 4.78 is 0.269. The average Bonchev–Trinajstić information content (AvgIpc) is 2.04. The van der Waals surface area contributed by atoms with Gasteiger partial charge in [0, 0.05) is 11.3 Å². The van der Waals surface area contributed by atoms with E-state index >= 15 is 0 Å². The van der Waals surface area contributed by atoms with E-state index in [9.17, 15) is 4.79 Å². The summed E-state index contributed by atoms with van der Waals surface area (Å²) in [5.74, 6) is -0.150. The summed E-state index contributed by atoms with van der Waals surface area (Å²) in [5.41, 5.74) is 0. The molecule has 0 aromatic carbocycles. The first-order valence-corrected chi connectivity index (χ1v) is 5.64. The van der Waals surface area contributed by atoms with Gasteiger partial charge in [-0.1, -0.05) is 6.42 Å². The van der Waals surface area contributed by atoms with Crippen molar-refractivity contribution >= 4 is 17.7 Å². The van der Waals surface area contributed by atoms with Crippen molar-refractivity contribution in [1.29, 1.82) is 5.26 Å². The molecule has 0 aromatic heterocycles. The molecular formula is C9H14N2OS. The van der Waals surface area contributed by atoms with E-state index in [0.29, 0.717) is 6.54 Å². The fraction of sp³-hybridized carbons (Fsp3) is 0.778. The fourth-order valence-electron chi connectivity index (χ4n) is 1.42. The zero-order valence-electron chi connectivity index (χ0n) is 7.80. The minimum absolute atomic E-state index is 0.0234. The van der Waals surface area contributed by atoms with Crippen LogP contribution >= 0.6 is 11.8 Å². The normalized spacial score (nSPS) is 18.5. The lowest BCUT2D eigenvalue weighted by atomic mass is 9.84. The lowest BCUT2D eigenvalue weighted by molar-refractivity contribution is -0.120. The maximum absolute atomic E-state index is 11.0. The van der Waals surface area contributed by atoms with Crippen LogP contribution in [0.15, 0.2) is 0 Å². The predicted molar refractivity (Wildman–Crippen MR) is 53.3 cm³/mol. The van der Waals surface area contributed by atoms with Crippen LogP contribution in [0.2, 0.25) is 0 Å². The zero-order chi connectivity index (χ0) is 9.73. The van der Waals surface area contributed by atoms with Crippen molar-refractivity contribution in [3.05, 3.63) is 0 Å². The van der Waals surface area contributed by atoms with Crippen molar-refractivity contribution in [3.63, 3.8) is 0 Å². The molecule has 4 heteroatoms. The van der Waals surface area contributed by atoms with Crippen molar-refractivity contribution in [2.24, 2.45) is 0 Å². The quantitative estimate of drug-likeness (QED) is 0.741. The Kier molecular flexibility index (Phi) is 3.61. The minimum Gasteiger partial charge on any atom is -0.354 e. The molecule has 1 aliphatic rings. The first-order valence-electron chi connectivity index (χ1n) is 4.41. The number of hydrogen-bond acceptors (Lipinski definition) is 3. The number of nitrogens with one attached hydrogen (secondary N) is 1. The molecule has 0 radical (unpaired) electrons. The smallest absolute Gasteiger partial charge is 0.234 e. The molecule has 0 aliphatic heterocycles. The van der Waals surface area contributed by atoms with E-state index in [2.05, 4.69) is 11.6 Å². The number of carbonyl (C=O) groups is 1. The third kappa shape index (κ3) is 2.63. The van der Waals surface area contributed by atoms with Crippen LogP contribution in [0.3, 0.4) is 0 Å². The van der Waals surface area contributed by atoms with E-state index in [1.807, 2.05) is 17.8 Å². The van der Waals surface area contributed by atoms with Gasteiger partial charge < -0.3 is 5.32 Å². The molecule has 0 saturated heterocycles. The molecule has 13 heavy (non-hydrogen) atoms. The summed E-state index contributed by atoms with van der Waals surface area (Å²) in [7, 11) is 0. The molecule has 0 bridgehead atoms. The van der Waals surface area contributed by atoms with Gasteiger partial charge in [-0.05, 0) is 19.1 Å². The molecule has 0 atom stereocenters. The summed E-state index contributed by atoms with van der Waals surface area (Å²) >= 11 is 1.82. The molecule has 1 aliphatic carbocycles. The molecule has 0 heterocycles. The third-order valence-corrected chi connectivity index (χ3v) is 3.96. The molecule has 0 aromatic rings. The number of nitriles is 1. The van der Waals surface area contributed by atoms with Crippen LogP contribution in [0.1, 0.15) is 25.7 Å². The van der Waals surface area contributed by atoms with E-state index in [0.717, 1.165) is 0 Å². The Bertz CT molecular complexity index is 225. The van der Waals surface area contributed by atoms with Gasteiger partial charge in [0.05, 0.1) is 6.07 Å². The number of amides is 1. The maximum atomic E-state index is 11.0. The average molecular weight is 198 g/mol. The van der Waals surface area contributed by atoms with Crippen LogP contribution in [-0.4, -0.2) is 23.5 Å². The van der Waals surface area contributed by atoms with Crippen molar-refractivity contribution in [2.75, 3.05) is 12.8 Å². The van der Waals surface area contributed by atoms with Crippen LogP contribution in [0.4, 0.5) is 0 Å². The molecule has 1 rings (SSSR count). The minimum atomic E-state index is -0.150. The maximum Gasteiger partial charge on any atom is 0.234 e. The number of nitrogens with zero attached hydrogens (tertiary/aromatic N) is 1. The second kappa shape index (κ2) is 4.52. The van der Waals surface area contributed by atoms with Crippen LogP contribution < -0.4 is 5.32 Å². The Labute approximate surface area is 82.9 Å². The first kappa shape index (κ1) is 10.4. The Morgan fingerprint density at radius 2 is 2.38 bits per heavy atom. The highest BCUT2D eigenvalue weighted by Crippen LogP contribution is 2.42. The molecule has 0 unspecified atom stereocenters. The second-order valence-corrected chi connectivity index (χ2v) is 4.63. The summed E-state index contributed by atoms with van der Waals surface area (Å²) in [6, 6.07) is 1.84. The third-order valence-electron chi connectivity index (χ3n) is 2.55. The van der Waals surface area contributed by atoms with Crippen molar-refractivity contribution in [1.82, 2.24) is 5.32 Å². The van der Waals surface area contributed by atoms with E-state index in [4.69, 9.17) is 5.26 Å². The Morgan fingerprint density at radius 1 is 1.69 bits per heavy atom. The fourth-order valence-corrected chi connectivity index (χ4v) is 2.33.